The molecule has 0 saturated carbocycles. The lowest BCUT2D eigenvalue weighted by molar-refractivity contribution is -0.116. The van der Waals surface area contributed by atoms with Gasteiger partial charge in [-0.15, -0.1) is 0 Å². The predicted octanol–water partition coefficient (Wildman–Crippen LogP) is 5.80. The molecule has 1 aliphatic rings. The van der Waals surface area contributed by atoms with Crippen LogP contribution in [0.25, 0.3) is 0 Å². The van der Waals surface area contributed by atoms with Crippen molar-refractivity contribution in [2.45, 2.75) is 59.8 Å². The highest BCUT2D eigenvalue weighted by Gasteiger charge is 2.21. The summed E-state index contributed by atoms with van der Waals surface area (Å²) in [5.41, 5.74) is 4.63. The third kappa shape index (κ3) is 5.87. The summed E-state index contributed by atoms with van der Waals surface area (Å²) in [6, 6.07) is 0. The van der Waals surface area contributed by atoms with Crippen LogP contribution in [0.3, 0.4) is 0 Å². The molecule has 0 aromatic rings. The zero-order valence-electron chi connectivity index (χ0n) is 14.2. The number of ketones is 1. The Balaban J connectivity index is 3.03. The number of rotatable bonds is 2. The number of carbonyl (C=O) groups is 1. The van der Waals surface area contributed by atoms with Crippen LogP contribution in [-0.2, 0) is 4.79 Å². The predicted molar refractivity (Wildman–Crippen MR) is 92.2 cm³/mol. The molecule has 21 heavy (non-hydrogen) atoms. The van der Waals surface area contributed by atoms with Gasteiger partial charge in [0.25, 0.3) is 0 Å². The molecule has 0 aromatic carbocycles. The van der Waals surface area contributed by atoms with Crippen LogP contribution in [-0.4, -0.2) is 5.78 Å². The molecule has 0 saturated heterocycles. The molecule has 0 fully saturated rings. The molecule has 0 aromatic heterocycles. The van der Waals surface area contributed by atoms with Crippen molar-refractivity contribution in [2.24, 2.45) is 11.8 Å². The van der Waals surface area contributed by atoms with Gasteiger partial charge in [0.05, 0.1) is 0 Å². The Kier molecular flexibility index (Phi) is 6.87. The molecule has 0 spiro atoms. The first-order valence-corrected chi connectivity index (χ1v) is 7.97. The molecule has 0 N–H and O–H groups in total. The summed E-state index contributed by atoms with van der Waals surface area (Å²) in [4.78, 5) is 12.4. The fraction of sp³-hybridized carbons (Fsp3) is 0.550. The zero-order valence-corrected chi connectivity index (χ0v) is 14.2. The minimum atomic E-state index is 0.260. The van der Waals surface area contributed by atoms with Crippen LogP contribution in [0.4, 0.5) is 0 Å². The number of carbonyl (C=O) groups excluding carboxylic acids is 1. The lowest BCUT2D eigenvalue weighted by atomic mass is 9.81. The Morgan fingerprint density at radius 2 is 1.71 bits per heavy atom. The third-order valence-corrected chi connectivity index (χ3v) is 4.57. The largest absolute Gasteiger partial charge is 0.295 e. The smallest absolute Gasteiger partial charge is 0.158 e. The second-order valence-electron chi connectivity index (χ2n) is 6.66. The summed E-state index contributed by atoms with van der Waals surface area (Å²) in [5, 5.41) is 0. The van der Waals surface area contributed by atoms with E-state index < -0.39 is 0 Å². The molecule has 1 heteroatoms. The average Bonchev–Trinajstić information content (AvgIpc) is 2.39. The van der Waals surface area contributed by atoms with Crippen molar-refractivity contribution in [3.8, 4) is 0 Å². The van der Waals surface area contributed by atoms with Gasteiger partial charge in [-0.2, -0.15) is 0 Å². The SMILES string of the molecule is C=C(C)C1C/C=C(/C)CC/C=C(/C)C(=O)C[C@@H](C(=C)C)C1. The van der Waals surface area contributed by atoms with Gasteiger partial charge in [0.1, 0.15) is 0 Å². The summed E-state index contributed by atoms with van der Waals surface area (Å²) >= 11 is 0. The Hall–Kier alpha value is -1.37. The maximum atomic E-state index is 12.4. The normalized spacial score (nSPS) is 30.2. The first kappa shape index (κ1) is 17.7. The highest BCUT2D eigenvalue weighted by molar-refractivity contribution is 5.95. The molecule has 0 bridgehead atoms. The van der Waals surface area contributed by atoms with Crippen LogP contribution < -0.4 is 0 Å². The van der Waals surface area contributed by atoms with Crippen LogP contribution in [0.2, 0.25) is 0 Å². The maximum absolute atomic E-state index is 12.4. The standard InChI is InChI=1S/C20H30O/c1-14(2)18-11-10-16(5)8-7-9-17(6)20(21)13-19(12-18)15(3)4/h9-10,18-19H,1,3,7-8,11-13H2,2,4-6H3/b16-10-,17-9-/t18?,19-/m0/s1. The topological polar surface area (TPSA) is 17.1 Å². The number of hydrogen-bond acceptors (Lipinski definition) is 1. The summed E-state index contributed by atoms with van der Waals surface area (Å²) in [6.45, 7) is 16.5. The second-order valence-corrected chi connectivity index (χ2v) is 6.66. The van der Waals surface area contributed by atoms with Crippen molar-refractivity contribution >= 4 is 5.78 Å². The van der Waals surface area contributed by atoms with Gasteiger partial charge >= 0.3 is 0 Å². The molecule has 1 unspecified atom stereocenters. The van der Waals surface area contributed by atoms with Crippen LogP contribution >= 0.6 is 0 Å². The summed E-state index contributed by atoms with van der Waals surface area (Å²) < 4.78 is 0. The number of hydrogen-bond donors (Lipinski definition) is 0. The Bertz CT molecular complexity index is 476. The van der Waals surface area contributed by atoms with Crippen molar-refractivity contribution in [3.05, 3.63) is 47.6 Å². The molecule has 0 amide bonds. The third-order valence-electron chi connectivity index (χ3n) is 4.57. The average molecular weight is 286 g/mol. The summed E-state index contributed by atoms with van der Waals surface area (Å²) in [5.74, 6) is 0.972. The highest BCUT2D eigenvalue weighted by Crippen LogP contribution is 2.30. The minimum Gasteiger partial charge on any atom is -0.295 e. The molecule has 0 aliphatic heterocycles. The van der Waals surface area contributed by atoms with Crippen molar-refractivity contribution in [1.29, 1.82) is 0 Å². The van der Waals surface area contributed by atoms with E-state index in [0.717, 1.165) is 36.8 Å². The molecule has 1 rings (SSSR count). The van der Waals surface area contributed by atoms with E-state index in [0.29, 0.717) is 12.3 Å². The summed E-state index contributed by atoms with van der Waals surface area (Å²) in [7, 11) is 0. The van der Waals surface area contributed by atoms with Crippen molar-refractivity contribution in [3.63, 3.8) is 0 Å². The summed E-state index contributed by atoms with van der Waals surface area (Å²) in [6.07, 6.45) is 9.03. The fourth-order valence-corrected chi connectivity index (χ4v) is 2.76. The monoisotopic (exact) mass is 286 g/mol. The number of Topliss-reactive ketones (excluding diaryl/α,β-unsaturated/α-hetero) is 1. The van der Waals surface area contributed by atoms with Gasteiger partial charge in [0.15, 0.2) is 5.78 Å². The first-order valence-electron chi connectivity index (χ1n) is 7.97. The van der Waals surface area contributed by atoms with E-state index in [1.54, 1.807) is 0 Å². The van der Waals surface area contributed by atoms with E-state index in [-0.39, 0.29) is 11.7 Å². The van der Waals surface area contributed by atoms with Crippen LogP contribution in [0.15, 0.2) is 47.6 Å². The molecule has 0 radical (unpaired) electrons. The zero-order chi connectivity index (χ0) is 16.0. The van der Waals surface area contributed by atoms with Crippen LogP contribution in [0.5, 0.6) is 0 Å². The lowest BCUT2D eigenvalue weighted by Crippen LogP contribution is -2.16. The Morgan fingerprint density at radius 3 is 2.29 bits per heavy atom. The van der Waals surface area contributed by atoms with Gasteiger partial charge in [-0.3, -0.25) is 4.79 Å². The highest BCUT2D eigenvalue weighted by atomic mass is 16.1. The van der Waals surface area contributed by atoms with E-state index in [2.05, 4.69) is 39.2 Å². The molecule has 2 atom stereocenters. The molecule has 1 nitrogen and oxygen atoms in total. The molecular weight excluding hydrogens is 256 g/mol. The van der Waals surface area contributed by atoms with E-state index in [1.165, 1.54) is 11.1 Å². The van der Waals surface area contributed by atoms with Crippen molar-refractivity contribution < 1.29 is 4.79 Å². The molecule has 116 valence electrons. The fourth-order valence-electron chi connectivity index (χ4n) is 2.76. The van der Waals surface area contributed by atoms with E-state index in [9.17, 15) is 4.79 Å². The molecule has 1 aliphatic carbocycles. The van der Waals surface area contributed by atoms with Crippen molar-refractivity contribution in [2.75, 3.05) is 0 Å². The van der Waals surface area contributed by atoms with Gasteiger partial charge in [-0.1, -0.05) is 42.0 Å². The van der Waals surface area contributed by atoms with Gasteiger partial charge in [-0.25, -0.2) is 0 Å². The molecule has 0 heterocycles. The quantitative estimate of drug-likeness (QED) is 0.586. The van der Waals surface area contributed by atoms with Gasteiger partial charge in [0.2, 0.25) is 0 Å². The van der Waals surface area contributed by atoms with Crippen LogP contribution in [0, 0.1) is 11.8 Å². The molecular formula is C20H30O. The Labute approximate surface area is 130 Å². The van der Waals surface area contributed by atoms with Crippen LogP contribution in [0.1, 0.15) is 59.8 Å². The van der Waals surface area contributed by atoms with E-state index in [1.807, 2.05) is 13.8 Å². The maximum Gasteiger partial charge on any atom is 0.158 e. The van der Waals surface area contributed by atoms with Gasteiger partial charge < -0.3 is 0 Å². The van der Waals surface area contributed by atoms with Gasteiger partial charge in [-0.05, 0) is 70.8 Å². The Morgan fingerprint density at radius 1 is 1.10 bits per heavy atom. The van der Waals surface area contributed by atoms with Gasteiger partial charge in [0, 0.05) is 6.42 Å². The first-order chi connectivity index (χ1) is 9.81. The van der Waals surface area contributed by atoms with Crippen molar-refractivity contribution in [1.82, 2.24) is 0 Å². The van der Waals surface area contributed by atoms with E-state index in [4.69, 9.17) is 0 Å². The second kappa shape index (κ2) is 8.17. The lowest BCUT2D eigenvalue weighted by Gasteiger charge is -2.24. The van der Waals surface area contributed by atoms with E-state index >= 15 is 0 Å². The minimum absolute atomic E-state index is 0.260. The number of allylic oxidation sites excluding steroid dienone is 6.